The normalized spacial score (nSPS) is 17.9. The molecule has 4 nitrogen and oxygen atoms in total. The Morgan fingerprint density at radius 3 is 2.25 bits per heavy atom. The molecule has 1 aliphatic carbocycles. The largest absolute Gasteiger partial charge is 0.468 e. The second-order valence-electron chi connectivity index (χ2n) is 5.11. The maximum Gasteiger partial charge on any atom is 0.328 e. The van der Waals surface area contributed by atoms with Crippen LogP contribution in [0.1, 0.15) is 33.1 Å². The summed E-state index contributed by atoms with van der Waals surface area (Å²) in [6, 6.07) is 0. The minimum absolute atomic E-state index is 0.261. The highest BCUT2D eigenvalue weighted by Gasteiger charge is 2.52. The van der Waals surface area contributed by atoms with Crippen LogP contribution in [0.2, 0.25) is 0 Å². The van der Waals surface area contributed by atoms with Gasteiger partial charge in [0.05, 0.1) is 14.2 Å². The molecule has 0 heterocycles. The highest BCUT2D eigenvalue weighted by Crippen LogP contribution is 2.39. The summed E-state index contributed by atoms with van der Waals surface area (Å²) in [5.74, 6) is -1.47. The summed E-state index contributed by atoms with van der Waals surface area (Å²) < 4.78 is 9.74. The van der Waals surface area contributed by atoms with Crippen molar-refractivity contribution in [2.24, 2.45) is 11.3 Å². The molecule has 0 radical (unpaired) electrons. The van der Waals surface area contributed by atoms with Gasteiger partial charge in [-0.05, 0) is 44.8 Å². The van der Waals surface area contributed by atoms with Gasteiger partial charge in [0.25, 0.3) is 0 Å². The van der Waals surface area contributed by atoms with E-state index in [1.54, 1.807) is 0 Å². The van der Waals surface area contributed by atoms with E-state index in [0.717, 1.165) is 24.8 Å². The topological polar surface area (TPSA) is 52.6 Å². The molecular weight excluding hydrogens is 256 g/mol. The molecule has 1 aliphatic rings. The van der Waals surface area contributed by atoms with Crippen molar-refractivity contribution in [2.45, 2.75) is 33.1 Å². The van der Waals surface area contributed by atoms with Gasteiger partial charge in [-0.25, -0.2) is 0 Å². The molecule has 0 spiro atoms. The first-order chi connectivity index (χ1) is 9.48. The van der Waals surface area contributed by atoms with Crippen LogP contribution in [-0.4, -0.2) is 26.2 Å². The number of allylic oxidation sites excluding steroid dienone is 2. The van der Waals surface area contributed by atoms with Crippen LogP contribution < -0.4 is 0 Å². The molecule has 0 amide bonds. The van der Waals surface area contributed by atoms with Crippen molar-refractivity contribution < 1.29 is 19.1 Å². The lowest BCUT2D eigenvalue weighted by molar-refractivity contribution is -0.168. The molecule has 1 rings (SSSR count). The summed E-state index contributed by atoms with van der Waals surface area (Å²) in [6.45, 7) is 3.71. The maximum absolute atomic E-state index is 12.3. The van der Waals surface area contributed by atoms with Crippen LogP contribution in [0.4, 0.5) is 0 Å². The molecule has 0 aromatic carbocycles. The molecule has 0 saturated carbocycles. The van der Waals surface area contributed by atoms with Gasteiger partial charge >= 0.3 is 11.9 Å². The van der Waals surface area contributed by atoms with E-state index in [-0.39, 0.29) is 5.92 Å². The summed E-state index contributed by atoms with van der Waals surface area (Å²) >= 11 is 0. The van der Waals surface area contributed by atoms with Crippen molar-refractivity contribution in [3.8, 4) is 0 Å². The number of carbonyl (C=O) groups excluding carboxylic acids is 2. The average molecular weight is 278 g/mol. The van der Waals surface area contributed by atoms with Gasteiger partial charge in [0.1, 0.15) is 0 Å². The van der Waals surface area contributed by atoms with Crippen LogP contribution in [0.15, 0.2) is 29.5 Å². The first kappa shape index (κ1) is 16.3. The number of methoxy groups -OCH3 is 2. The van der Waals surface area contributed by atoms with Crippen molar-refractivity contribution in [3.05, 3.63) is 29.5 Å². The van der Waals surface area contributed by atoms with Crippen molar-refractivity contribution in [2.75, 3.05) is 14.2 Å². The molecule has 4 heteroatoms. The van der Waals surface area contributed by atoms with Crippen LogP contribution in [0.25, 0.3) is 0 Å². The van der Waals surface area contributed by atoms with Gasteiger partial charge in [0.15, 0.2) is 5.41 Å². The van der Waals surface area contributed by atoms with Crippen molar-refractivity contribution in [3.63, 3.8) is 0 Å². The van der Waals surface area contributed by atoms with E-state index in [4.69, 9.17) is 9.47 Å². The fraction of sp³-hybridized carbons (Fsp3) is 0.562. The fourth-order valence-corrected chi connectivity index (χ4v) is 2.40. The number of hydrogen-bond donors (Lipinski definition) is 0. The second kappa shape index (κ2) is 7.11. The molecule has 1 atom stereocenters. The summed E-state index contributed by atoms with van der Waals surface area (Å²) in [5.41, 5.74) is 2.40. The molecular formula is C16H22O4. The molecule has 0 aromatic rings. The monoisotopic (exact) mass is 278 g/mol. The third-order valence-electron chi connectivity index (χ3n) is 3.47. The predicted molar refractivity (Wildman–Crippen MR) is 75.9 cm³/mol. The average Bonchev–Trinajstić information content (AvgIpc) is 2.47. The molecule has 0 bridgehead atoms. The van der Waals surface area contributed by atoms with Gasteiger partial charge < -0.3 is 9.47 Å². The highest BCUT2D eigenvalue weighted by molar-refractivity contribution is 6.03. The van der Waals surface area contributed by atoms with Gasteiger partial charge in [0, 0.05) is 5.92 Å². The first-order valence-corrected chi connectivity index (χ1v) is 6.73. The molecule has 0 aliphatic heterocycles. The van der Waals surface area contributed by atoms with Gasteiger partial charge in [-0.3, -0.25) is 9.59 Å². The van der Waals surface area contributed by atoms with Crippen molar-refractivity contribution >= 4 is 11.9 Å². The van der Waals surface area contributed by atoms with E-state index in [1.165, 1.54) is 20.3 Å². The zero-order valence-corrected chi connectivity index (χ0v) is 12.6. The Hall–Kier alpha value is -1.80. The SMILES string of the molecule is COC(=O)C(C=C=C(C)C)(C(=O)OC)C1C=CCCC1. The van der Waals surface area contributed by atoms with E-state index in [2.05, 4.69) is 5.73 Å². The molecule has 0 aromatic heterocycles. The van der Waals surface area contributed by atoms with Crippen LogP contribution >= 0.6 is 0 Å². The Balaban J connectivity index is 3.43. The molecule has 110 valence electrons. The molecule has 0 fully saturated rings. The van der Waals surface area contributed by atoms with E-state index in [1.807, 2.05) is 26.0 Å². The minimum atomic E-state index is -1.45. The lowest BCUT2D eigenvalue weighted by atomic mass is 9.71. The Morgan fingerprint density at radius 2 is 1.85 bits per heavy atom. The summed E-state index contributed by atoms with van der Waals surface area (Å²) in [7, 11) is 2.56. The molecule has 20 heavy (non-hydrogen) atoms. The number of ether oxygens (including phenoxy) is 2. The number of carbonyl (C=O) groups is 2. The second-order valence-corrected chi connectivity index (χ2v) is 5.11. The van der Waals surface area contributed by atoms with E-state index in [0.29, 0.717) is 0 Å². The number of esters is 2. The van der Waals surface area contributed by atoms with Gasteiger partial charge in [-0.2, -0.15) is 0 Å². The van der Waals surface area contributed by atoms with E-state index < -0.39 is 17.4 Å². The number of hydrogen-bond acceptors (Lipinski definition) is 4. The van der Waals surface area contributed by atoms with Crippen molar-refractivity contribution in [1.29, 1.82) is 0 Å². The Kier molecular flexibility index (Phi) is 5.78. The predicted octanol–water partition coefficient (Wildman–Crippen LogP) is 2.80. The third kappa shape index (κ3) is 3.20. The van der Waals surface area contributed by atoms with E-state index in [9.17, 15) is 9.59 Å². The summed E-state index contributed by atoms with van der Waals surface area (Å²) in [5, 5.41) is 0. The lowest BCUT2D eigenvalue weighted by Crippen LogP contribution is -2.45. The minimum Gasteiger partial charge on any atom is -0.468 e. The molecule has 0 N–H and O–H groups in total. The standard InChI is InChI=1S/C16H22O4/c1-12(2)10-11-16(14(17)19-3,15(18)20-4)13-8-6-5-7-9-13/h6,8,11,13H,5,7,9H2,1-4H3. The lowest BCUT2D eigenvalue weighted by Gasteiger charge is -2.32. The smallest absolute Gasteiger partial charge is 0.328 e. The van der Waals surface area contributed by atoms with Gasteiger partial charge in [0.2, 0.25) is 0 Å². The Labute approximate surface area is 120 Å². The van der Waals surface area contributed by atoms with Crippen LogP contribution in [0.5, 0.6) is 0 Å². The fourth-order valence-electron chi connectivity index (χ4n) is 2.40. The first-order valence-electron chi connectivity index (χ1n) is 6.73. The molecule has 1 unspecified atom stereocenters. The van der Waals surface area contributed by atoms with Crippen LogP contribution in [0.3, 0.4) is 0 Å². The quantitative estimate of drug-likeness (QED) is 0.343. The Bertz CT molecular complexity index is 447. The summed E-state index contributed by atoms with van der Waals surface area (Å²) in [4.78, 5) is 24.6. The number of rotatable bonds is 4. The zero-order chi connectivity index (χ0) is 15.2. The highest BCUT2D eigenvalue weighted by atomic mass is 16.5. The summed E-state index contributed by atoms with van der Waals surface area (Å²) in [6.07, 6.45) is 8.02. The third-order valence-corrected chi connectivity index (χ3v) is 3.47. The molecule has 0 saturated heterocycles. The van der Waals surface area contributed by atoms with Crippen LogP contribution in [-0.2, 0) is 19.1 Å². The zero-order valence-electron chi connectivity index (χ0n) is 12.6. The van der Waals surface area contributed by atoms with E-state index >= 15 is 0 Å². The van der Waals surface area contributed by atoms with Crippen molar-refractivity contribution in [1.82, 2.24) is 0 Å². The Morgan fingerprint density at radius 1 is 1.25 bits per heavy atom. The van der Waals surface area contributed by atoms with Gasteiger partial charge in [-0.1, -0.05) is 12.2 Å². The van der Waals surface area contributed by atoms with Gasteiger partial charge in [-0.15, -0.1) is 5.73 Å². The maximum atomic E-state index is 12.3. The van der Waals surface area contributed by atoms with Crippen LogP contribution in [0, 0.1) is 11.3 Å².